The van der Waals surface area contributed by atoms with Gasteiger partial charge in [0, 0.05) is 11.1 Å². The second-order valence-electron chi connectivity index (χ2n) is 7.25. The van der Waals surface area contributed by atoms with Crippen LogP contribution in [0.25, 0.3) is 11.0 Å². The minimum absolute atomic E-state index is 0.0776. The normalized spacial score (nSPS) is 13.2. The Morgan fingerprint density at radius 1 is 1.10 bits per heavy atom. The van der Waals surface area contributed by atoms with Gasteiger partial charge < -0.3 is 13.9 Å². The van der Waals surface area contributed by atoms with E-state index < -0.39 is 5.82 Å². The van der Waals surface area contributed by atoms with E-state index in [0.29, 0.717) is 23.3 Å². The van der Waals surface area contributed by atoms with Crippen LogP contribution in [-0.4, -0.2) is 19.5 Å². The van der Waals surface area contributed by atoms with Crippen LogP contribution in [0.5, 0.6) is 11.5 Å². The summed E-state index contributed by atoms with van der Waals surface area (Å²) in [6, 6.07) is 7.69. The number of hydrogen-bond donors (Lipinski definition) is 0. The summed E-state index contributed by atoms with van der Waals surface area (Å²) in [4.78, 5) is 24.9. The van der Waals surface area contributed by atoms with E-state index in [1.807, 2.05) is 13.0 Å². The molecule has 1 aliphatic rings. The molecule has 0 unspecified atom stereocenters. The quantitative estimate of drug-likeness (QED) is 0.473. The van der Waals surface area contributed by atoms with Crippen molar-refractivity contribution in [1.29, 1.82) is 0 Å². The molecule has 29 heavy (non-hydrogen) atoms. The number of benzene rings is 2. The summed E-state index contributed by atoms with van der Waals surface area (Å²) in [5.74, 6) is -0.374. The van der Waals surface area contributed by atoms with Gasteiger partial charge in [0.2, 0.25) is 0 Å². The molecule has 0 N–H and O–H groups in total. The van der Waals surface area contributed by atoms with Crippen molar-refractivity contribution in [2.75, 3.05) is 13.7 Å². The lowest BCUT2D eigenvalue weighted by Gasteiger charge is -2.18. The Morgan fingerprint density at radius 2 is 1.86 bits per heavy atom. The van der Waals surface area contributed by atoms with Gasteiger partial charge in [0.05, 0.1) is 12.5 Å². The Balaban J connectivity index is 1.68. The predicted octanol–water partition coefficient (Wildman–Crippen LogP) is 4.39. The number of fused-ring (bicyclic) bond motifs is 3. The molecule has 0 radical (unpaired) electrons. The molecule has 0 atom stereocenters. The van der Waals surface area contributed by atoms with Gasteiger partial charge in [-0.3, -0.25) is 4.79 Å². The molecule has 1 aromatic heterocycles. The highest BCUT2D eigenvalue weighted by Crippen LogP contribution is 2.34. The van der Waals surface area contributed by atoms with E-state index >= 15 is 0 Å². The average Bonchev–Trinajstić information content (AvgIpc) is 2.71. The van der Waals surface area contributed by atoms with Crippen molar-refractivity contribution in [3.63, 3.8) is 0 Å². The Morgan fingerprint density at radius 3 is 2.59 bits per heavy atom. The number of ether oxygens (including phenoxy) is 2. The maximum absolute atomic E-state index is 13.9. The first-order valence-electron chi connectivity index (χ1n) is 9.56. The van der Waals surface area contributed by atoms with Crippen LogP contribution in [0.3, 0.4) is 0 Å². The lowest BCUT2D eigenvalue weighted by Crippen LogP contribution is -2.17. The van der Waals surface area contributed by atoms with E-state index in [9.17, 15) is 14.0 Å². The third-order valence-electron chi connectivity index (χ3n) is 5.26. The SMILES string of the molecule is COc1ccc(C(=O)COc2cc(C)cc3oc(=O)c4c(c23)CCCC4)cc1F. The summed E-state index contributed by atoms with van der Waals surface area (Å²) in [5, 5.41) is 0.749. The first kappa shape index (κ1) is 19.2. The summed E-state index contributed by atoms with van der Waals surface area (Å²) >= 11 is 0. The fourth-order valence-electron chi connectivity index (χ4n) is 3.85. The molecular weight excluding hydrogens is 375 g/mol. The number of aryl methyl sites for hydroxylation is 2. The predicted molar refractivity (Wildman–Crippen MR) is 107 cm³/mol. The van der Waals surface area contributed by atoms with Gasteiger partial charge in [-0.2, -0.15) is 0 Å². The number of halogens is 1. The fourth-order valence-corrected chi connectivity index (χ4v) is 3.85. The summed E-state index contributed by atoms with van der Waals surface area (Å²) < 4.78 is 30.2. The molecule has 4 rings (SSSR count). The standard InChI is InChI=1S/C23H21FO5/c1-13-9-20(28-12-18(25)14-7-8-19(27-2)17(24)11-14)22-15-5-3-4-6-16(15)23(26)29-21(22)10-13/h7-11H,3-6,12H2,1-2H3. The first-order chi connectivity index (χ1) is 14.0. The minimum atomic E-state index is -0.602. The van der Waals surface area contributed by atoms with Crippen molar-refractivity contribution in [2.24, 2.45) is 0 Å². The number of ketones is 1. The molecule has 2 aromatic carbocycles. The number of rotatable bonds is 5. The number of carbonyl (C=O) groups is 1. The van der Waals surface area contributed by atoms with Crippen molar-refractivity contribution in [1.82, 2.24) is 0 Å². The van der Waals surface area contributed by atoms with Crippen LogP contribution < -0.4 is 15.1 Å². The average molecular weight is 396 g/mol. The molecular formula is C23H21FO5. The van der Waals surface area contributed by atoms with E-state index in [-0.39, 0.29) is 29.3 Å². The van der Waals surface area contributed by atoms with Crippen LogP contribution in [0.4, 0.5) is 4.39 Å². The molecule has 0 spiro atoms. The molecule has 3 aromatic rings. The van der Waals surface area contributed by atoms with Crippen molar-refractivity contribution in [3.05, 3.63) is 68.8 Å². The largest absolute Gasteiger partial charge is 0.494 e. The zero-order chi connectivity index (χ0) is 20.5. The summed E-state index contributed by atoms with van der Waals surface area (Å²) in [5.41, 5.74) is 2.87. The summed E-state index contributed by atoms with van der Waals surface area (Å²) in [7, 11) is 1.37. The van der Waals surface area contributed by atoms with E-state index in [0.717, 1.165) is 41.8 Å². The van der Waals surface area contributed by atoms with Crippen molar-refractivity contribution in [3.8, 4) is 11.5 Å². The molecule has 0 aliphatic heterocycles. The Bertz CT molecular complexity index is 1160. The second kappa shape index (κ2) is 7.70. The molecule has 150 valence electrons. The van der Waals surface area contributed by atoms with Crippen LogP contribution in [0.2, 0.25) is 0 Å². The Kier molecular flexibility index (Phi) is 5.09. The zero-order valence-corrected chi connectivity index (χ0v) is 16.3. The second-order valence-corrected chi connectivity index (χ2v) is 7.25. The Labute approximate surface area is 167 Å². The van der Waals surface area contributed by atoms with Crippen LogP contribution >= 0.6 is 0 Å². The minimum Gasteiger partial charge on any atom is -0.494 e. The van der Waals surface area contributed by atoms with Crippen molar-refractivity contribution < 1.29 is 23.1 Å². The van der Waals surface area contributed by atoms with Crippen LogP contribution in [-0.2, 0) is 12.8 Å². The highest BCUT2D eigenvalue weighted by Gasteiger charge is 2.21. The number of hydrogen-bond acceptors (Lipinski definition) is 5. The molecule has 1 aliphatic carbocycles. The lowest BCUT2D eigenvalue weighted by atomic mass is 9.90. The summed E-state index contributed by atoms with van der Waals surface area (Å²) in [6.45, 7) is 1.62. The van der Waals surface area contributed by atoms with E-state index in [2.05, 4.69) is 0 Å². The van der Waals surface area contributed by atoms with Gasteiger partial charge in [0.15, 0.2) is 24.0 Å². The molecule has 0 amide bonds. The van der Waals surface area contributed by atoms with Gasteiger partial charge in [-0.15, -0.1) is 0 Å². The first-order valence-corrected chi connectivity index (χ1v) is 9.56. The topological polar surface area (TPSA) is 65.7 Å². The smallest absolute Gasteiger partial charge is 0.339 e. The van der Waals surface area contributed by atoms with E-state index in [1.54, 1.807) is 6.07 Å². The van der Waals surface area contributed by atoms with Gasteiger partial charge in [-0.25, -0.2) is 9.18 Å². The molecule has 6 heteroatoms. The Hall–Kier alpha value is -3.15. The van der Waals surface area contributed by atoms with E-state index in [4.69, 9.17) is 13.9 Å². The molecule has 1 heterocycles. The number of Topliss-reactive ketones (excluding diaryl/α,β-unsaturated/α-hetero) is 1. The molecule has 0 saturated heterocycles. The van der Waals surface area contributed by atoms with Gasteiger partial charge in [-0.05, 0) is 74.1 Å². The maximum atomic E-state index is 13.9. The van der Waals surface area contributed by atoms with Gasteiger partial charge >= 0.3 is 5.63 Å². The van der Waals surface area contributed by atoms with Crippen LogP contribution in [0.15, 0.2) is 39.5 Å². The number of methoxy groups -OCH3 is 1. The van der Waals surface area contributed by atoms with Gasteiger partial charge in [-0.1, -0.05) is 0 Å². The monoisotopic (exact) mass is 396 g/mol. The summed E-state index contributed by atoms with van der Waals surface area (Å²) in [6.07, 6.45) is 3.40. The van der Waals surface area contributed by atoms with Crippen LogP contribution in [0, 0.1) is 12.7 Å². The highest BCUT2D eigenvalue weighted by atomic mass is 19.1. The molecule has 0 fully saturated rings. The van der Waals surface area contributed by atoms with Crippen molar-refractivity contribution >= 4 is 16.8 Å². The number of carbonyl (C=O) groups excluding carboxylic acids is 1. The fraction of sp³-hybridized carbons (Fsp3) is 0.304. The lowest BCUT2D eigenvalue weighted by molar-refractivity contribution is 0.0922. The molecule has 5 nitrogen and oxygen atoms in total. The van der Waals surface area contributed by atoms with Gasteiger partial charge in [0.25, 0.3) is 0 Å². The highest BCUT2D eigenvalue weighted by molar-refractivity contribution is 5.98. The zero-order valence-electron chi connectivity index (χ0n) is 16.3. The van der Waals surface area contributed by atoms with Crippen molar-refractivity contribution in [2.45, 2.75) is 32.6 Å². The molecule has 0 saturated carbocycles. The van der Waals surface area contributed by atoms with Crippen LogP contribution in [0.1, 0.15) is 39.9 Å². The molecule has 0 bridgehead atoms. The van der Waals surface area contributed by atoms with E-state index in [1.165, 1.54) is 19.2 Å². The van der Waals surface area contributed by atoms with Gasteiger partial charge in [0.1, 0.15) is 11.3 Å². The maximum Gasteiger partial charge on any atom is 0.339 e. The third kappa shape index (κ3) is 3.62. The third-order valence-corrected chi connectivity index (χ3v) is 5.26.